The van der Waals surface area contributed by atoms with Crippen molar-refractivity contribution in [2.45, 2.75) is 57.7 Å². The van der Waals surface area contributed by atoms with Gasteiger partial charge in [0.1, 0.15) is 24.0 Å². The maximum atomic E-state index is 14.6. The fourth-order valence-corrected chi connectivity index (χ4v) is 4.19. The van der Waals surface area contributed by atoms with E-state index in [9.17, 15) is 27.2 Å². The number of hydrogen-bond acceptors (Lipinski definition) is 3. The maximum Gasteiger partial charge on any atom is 0.397 e. The molecule has 2 aromatic rings. The highest BCUT2D eigenvalue weighted by Crippen LogP contribution is 2.35. The molecule has 1 aliphatic rings. The number of hydrogen-bond donors (Lipinski definition) is 0. The first-order valence-corrected chi connectivity index (χ1v) is 10.6. The highest BCUT2D eigenvalue weighted by molar-refractivity contribution is 5.92. The first-order chi connectivity index (χ1) is 15.3. The monoisotopic (exact) mass is 465 g/mol. The van der Waals surface area contributed by atoms with Gasteiger partial charge in [-0.1, -0.05) is 39.0 Å². The zero-order chi connectivity index (χ0) is 24.6. The summed E-state index contributed by atoms with van der Waals surface area (Å²) in [5.41, 5.74) is 1.67. The summed E-state index contributed by atoms with van der Waals surface area (Å²) in [6.45, 7) is 5.58. The van der Waals surface area contributed by atoms with Gasteiger partial charge in [0.2, 0.25) is 5.91 Å². The van der Waals surface area contributed by atoms with Crippen LogP contribution in [-0.4, -0.2) is 36.4 Å². The molecule has 0 unspecified atom stereocenters. The fourth-order valence-electron chi connectivity index (χ4n) is 4.19. The van der Waals surface area contributed by atoms with Gasteiger partial charge in [0.15, 0.2) is 5.78 Å². The molecule has 0 N–H and O–H groups in total. The molecule has 2 aromatic carbocycles. The average molecular weight is 465 g/mol. The Morgan fingerprint density at radius 1 is 1.09 bits per heavy atom. The van der Waals surface area contributed by atoms with Crippen LogP contribution in [0.15, 0.2) is 36.4 Å². The number of rotatable bonds is 5. The third-order valence-electron chi connectivity index (χ3n) is 5.78. The van der Waals surface area contributed by atoms with E-state index in [1.165, 1.54) is 13.2 Å². The van der Waals surface area contributed by atoms with Gasteiger partial charge in [0.05, 0.1) is 7.11 Å². The molecule has 0 saturated heterocycles. The highest BCUT2D eigenvalue weighted by atomic mass is 19.4. The van der Waals surface area contributed by atoms with E-state index in [4.69, 9.17) is 4.74 Å². The van der Waals surface area contributed by atoms with Crippen molar-refractivity contribution in [2.75, 3.05) is 13.7 Å². The molecule has 4 nitrogen and oxygen atoms in total. The Bertz CT molecular complexity index is 1060. The molecule has 178 valence electrons. The molecule has 0 aliphatic carbocycles. The molecule has 0 radical (unpaired) electrons. The molecule has 33 heavy (non-hydrogen) atoms. The third kappa shape index (κ3) is 5.72. The number of nitrogens with zero attached hydrogens (tertiary/aromatic N) is 1. The van der Waals surface area contributed by atoms with Crippen molar-refractivity contribution in [3.8, 4) is 5.75 Å². The Labute approximate surface area is 190 Å². The normalized spacial score (nSPS) is 16.4. The molecule has 1 atom stereocenters. The van der Waals surface area contributed by atoms with Crippen LogP contribution in [0.1, 0.15) is 55.5 Å². The van der Waals surface area contributed by atoms with E-state index in [2.05, 4.69) is 0 Å². The molecule has 3 rings (SSSR count). The summed E-state index contributed by atoms with van der Waals surface area (Å²) in [5, 5.41) is 0. The molecule has 8 heteroatoms. The maximum absolute atomic E-state index is 14.6. The number of ketones is 1. The minimum absolute atomic E-state index is 0.0250. The van der Waals surface area contributed by atoms with Crippen molar-refractivity contribution in [3.63, 3.8) is 0 Å². The Morgan fingerprint density at radius 3 is 2.36 bits per heavy atom. The van der Waals surface area contributed by atoms with E-state index < -0.39 is 41.6 Å². The van der Waals surface area contributed by atoms with Crippen LogP contribution >= 0.6 is 0 Å². The predicted octanol–water partition coefficient (Wildman–Crippen LogP) is 5.32. The number of fused-ring (bicyclic) bond motifs is 1. The summed E-state index contributed by atoms with van der Waals surface area (Å²) >= 11 is 0. The number of halogens is 4. The summed E-state index contributed by atoms with van der Waals surface area (Å²) in [6, 6.07) is 8.28. The zero-order valence-corrected chi connectivity index (χ0v) is 19.1. The van der Waals surface area contributed by atoms with Crippen LogP contribution in [0.3, 0.4) is 0 Å². The Hall–Kier alpha value is -2.90. The summed E-state index contributed by atoms with van der Waals surface area (Å²) in [7, 11) is 1.49. The van der Waals surface area contributed by atoms with Crippen LogP contribution in [0.5, 0.6) is 5.75 Å². The van der Waals surface area contributed by atoms with Crippen molar-refractivity contribution in [1.29, 1.82) is 0 Å². The van der Waals surface area contributed by atoms with Gasteiger partial charge in [-0.25, -0.2) is 4.39 Å². The number of Topliss-reactive ketones (excluding diaryl/α,β-unsaturated/α-hetero) is 1. The first kappa shape index (κ1) is 24.7. The minimum atomic E-state index is -4.68. The SMILES string of the molecule is COc1ccc2c(c1)CCN(C(=O)CC(F)(F)F)[C@H]2C(=O)Cc1ccc(C(C)(C)C)c(F)c1. The molecular formula is C25H27F4NO3. The van der Waals surface area contributed by atoms with Gasteiger partial charge in [-0.15, -0.1) is 0 Å². The van der Waals surface area contributed by atoms with Gasteiger partial charge in [-0.3, -0.25) is 9.59 Å². The lowest BCUT2D eigenvalue weighted by Crippen LogP contribution is -2.45. The standard InChI is InChI=1S/C25H27F4NO3/c1-24(2,3)19-8-5-15(11-20(19)26)12-21(31)23-18-7-6-17(33-4)13-16(18)9-10-30(23)22(32)14-25(27,28)29/h5-8,11,13,23H,9-10,12,14H2,1-4H3/t23-/m1/s1. The topological polar surface area (TPSA) is 46.6 Å². The van der Waals surface area contributed by atoms with Crippen LogP contribution in [0.4, 0.5) is 17.6 Å². The van der Waals surface area contributed by atoms with Crippen LogP contribution in [0.25, 0.3) is 0 Å². The second-order valence-electron chi connectivity index (χ2n) is 9.30. The number of benzene rings is 2. The number of amides is 1. The number of carbonyl (C=O) groups is 2. The van der Waals surface area contributed by atoms with Crippen LogP contribution in [0.2, 0.25) is 0 Å². The highest BCUT2D eigenvalue weighted by Gasteiger charge is 2.40. The van der Waals surface area contributed by atoms with Crippen molar-refractivity contribution in [3.05, 3.63) is 64.5 Å². The van der Waals surface area contributed by atoms with E-state index in [-0.39, 0.29) is 13.0 Å². The number of carbonyl (C=O) groups excluding carboxylic acids is 2. The van der Waals surface area contributed by atoms with Crippen molar-refractivity contribution >= 4 is 11.7 Å². The van der Waals surface area contributed by atoms with E-state index >= 15 is 0 Å². The van der Waals surface area contributed by atoms with Gasteiger partial charge in [-0.2, -0.15) is 13.2 Å². The molecule has 0 spiro atoms. The molecule has 1 amide bonds. The quantitative estimate of drug-likeness (QED) is 0.562. The number of alkyl halides is 3. The van der Waals surface area contributed by atoms with Gasteiger partial charge >= 0.3 is 6.18 Å². The third-order valence-corrected chi connectivity index (χ3v) is 5.78. The van der Waals surface area contributed by atoms with Crippen molar-refractivity contribution < 1.29 is 31.9 Å². The second-order valence-corrected chi connectivity index (χ2v) is 9.30. The lowest BCUT2D eigenvalue weighted by molar-refractivity contribution is -0.165. The Kier molecular flexibility index (Phi) is 6.86. The van der Waals surface area contributed by atoms with Crippen molar-refractivity contribution in [1.82, 2.24) is 4.90 Å². The van der Waals surface area contributed by atoms with E-state index in [0.29, 0.717) is 28.9 Å². The summed E-state index contributed by atoms with van der Waals surface area (Å²) in [5.74, 6) is -1.53. The zero-order valence-electron chi connectivity index (χ0n) is 19.1. The first-order valence-electron chi connectivity index (χ1n) is 10.6. The summed E-state index contributed by atoms with van der Waals surface area (Å²) in [6.07, 6.45) is -6.24. The molecule has 0 aromatic heterocycles. The Morgan fingerprint density at radius 2 is 1.79 bits per heavy atom. The fraction of sp³-hybridized carbons (Fsp3) is 0.440. The molecular weight excluding hydrogens is 438 g/mol. The smallest absolute Gasteiger partial charge is 0.397 e. The Balaban J connectivity index is 1.95. The molecule has 1 aliphatic heterocycles. The minimum Gasteiger partial charge on any atom is -0.497 e. The van der Waals surface area contributed by atoms with E-state index in [1.807, 2.05) is 20.8 Å². The van der Waals surface area contributed by atoms with Gasteiger partial charge < -0.3 is 9.64 Å². The predicted molar refractivity (Wildman–Crippen MR) is 116 cm³/mol. The van der Waals surface area contributed by atoms with Gasteiger partial charge in [0.25, 0.3) is 0 Å². The average Bonchev–Trinajstić information content (AvgIpc) is 2.70. The van der Waals surface area contributed by atoms with Crippen LogP contribution in [0, 0.1) is 5.82 Å². The summed E-state index contributed by atoms with van der Waals surface area (Å²) in [4.78, 5) is 26.8. The van der Waals surface area contributed by atoms with Crippen molar-refractivity contribution in [2.24, 2.45) is 0 Å². The summed E-state index contributed by atoms with van der Waals surface area (Å²) < 4.78 is 58.6. The van der Waals surface area contributed by atoms with E-state index in [1.54, 1.807) is 30.3 Å². The molecule has 1 heterocycles. The molecule has 0 bridgehead atoms. The van der Waals surface area contributed by atoms with Gasteiger partial charge in [0, 0.05) is 13.0 Å². The second kappa shape index (κ2) is 9.15. The lowest BCUT2D eigenvalue weighted by Gasteiger charge is -2.37. The largest absolute Gasteiger partial charge is 0.497 e. The number of methoxy groups -OCH3 is 1. The molecule has 0 fully saturated rings. The van der Waals surface area contributed by atoms with Crippen LogP contribution in [-0.2, 0) is 27.8 Å². The van der Waals surface area contributed by atoms with E-state index in [0.717, 1.165) is 10.5 Å². The molecule has 0 saturated carbocycles. The van der Waals surface area contributed by atoms with Gasteiger partial charge in [-0.05, 0) is 52.3 Å². The lowest BCUT2D eigenvalue weighted by atomic mass is 9.85. The van der Waals surface area contributed by atoms with Crippen LogP contribution < -0.4 is 4.74 Å². The number of ether oxygens (including phenoxy) is 1.